The topological polar surface area (TPSA) is 88.5 Å². The van der Waals surface area contributed by atoms with Gasteiger partial charge < -0.3 is 24.2 Å². The predicted molar refractivity (Wildman–Crippen MR) is 142 cm³/mol. The number of hydrogen-bond acceptors (Lipinski definition) is 7. The summed E-state index contributed by atoms with van der Waals surface area (Å²) in [4.78, 5) is 30.4. The Balaban J connectivity index is 1.53. The Morgan fingerprint density at radius 2 is 1.61 bits per heavy atom. The zero-order chi connectivity index (χ0) is 26.5. The van der Waals surface area contributed by atoms with Crippen LogP contribution in [0.15, 0.2) is 84.4 Å². The molecular formula is C30H30N2O6. The highest BCUT2D eigenvalue weighted by Crippen LogP contribution is 2.40. The van der Waals surface area contributed by atoms with Gasteiger partial charge in [-0.3, -0.25) is 14.5 Å². The van der Waals surface area contributed by atoms with Crippen LogP contribution in [0.25, 0.3) is 5.76 Å². The summed E-state index contributed by atoms with van der Waals surface area (Å²) >= 11 is 0. The molecule has 0 aromatic heterocycles. The summed E-state index contributed by atoms with van der Waals surface area (Å²) < 4.78 is 16.7. The minimum Gasteiger partial charge on any atom is -0.507 e. The normalized spacial score (nSPS) is 19.5. The number of aliphatic hydroxyl groups is 1. The number of ether oxygens (including phenoxy) is 3. The molecule has 2 aliphatic heterocycles. The molecule has 2 aliphatic rings. The first-order valence-corrected chi connectivity index (χ1v) is 12.6. The van der Waals surface area contributed by atoms with Gasteiger partial charge in [-0.25, -0.2) is 0 Å². The summed E-state index contributed by atoms with van der Waals surface area (Å²) in [6.07, 6.45) is 0. The summed E-state index contributed by atoms with van der Waals surface area (Å²) in [5.74, 6) is 0.294. The number of nitrogens with zero attached hydrogens (tertiary/aromatic N) is 2. The third kappa shape index (κ3) is 5.41. The summed E-state index contributed by atoms with van der Waals surface area (Å²) in [6, 6.07) is 22.6. The zero-order valence-electron chi connectivity index (χ0n) is 21.2. The number of hydrogen-bond donors (Lipinski definition) is 1. The van der Waals surface area contributed by atoms with E-state index in [1.165, 1.54) is 0 Å². The zero-order valence-corrected chi connectivity index (χ0v) is 21.2. The average molecular weight is 515 g/mol. The Morgan fingerprint density at radius 1 is 0.895 bits per heavy atom. The van der Waals surface area contributed by atoms with Crippen LogP contribution >= 0.6 is 0 Å². The van der Waals surface area contributed by atoms with Crippen LogP contribution in [0.2, 0.25) is 0 Å². The standard InChI is InChI=1S/C30H30N2O6/c1-36-23-12-10-21(11-13-23)28(33)26-27(22-6-5-9-25(20-22)38-24-7-3-2-4-8-24)32(30(35)29(26)34)15-14-31-16-18-37-19-17-31/h2-13,20,27,33H,14-19H2,1H3/b28-26+. The van der Waals surface area contributed by atoms with Crippen molar-refractivity contribution in [2.24, 2.45) is 0 Å². The first-order valence-electron chi connectivity index (χ1n) is 12.6. The molecule has 1 N–H and O–H groups in total. The van der Waals surface area contributed by atoms with Crippen LogP contribution in [0.3, 0.4) is 0 Å². The molecule has 0 spiro atoms. The second kappa shape index (κ2) is 11.5. The number of rotatable bonds is 8. The third-order valence-corrected chi connectivity index (χ3v) is 6.82. The molecule has 2 heterocycles. The first-order chi connectivity index (χ1) is 18.5. The number of Topliss-reactive ketones (excluding diaryl/α,β-unsaturated/α-hetero) is 1. The molecule has 3 aromatic rings. The van der Waals surface area contributed by atoms with E-state index in [4.69, 9.17) is 14.2 Å². The molecule has 3 aromatic carbocycles. The number of benzene rings is 3. The van der Waals surface area contributed by atoms with Crippen molar-refractivity contribution < 1.29 is 28.9 Å². The minimum atomic E-state index is -0.766. The van der Waals surface area contributed by atoms with Gasteiger partial charge in [0.1, 0.15) is 23.0 Å². The van der Waals surface area contributed by atoms with Crippen LogP contribution in [0, 0.1) is 0 Å². The van der Waals surface area contributed by atoms with Crippen molar-refractivity contribution in [3.8, 4) is 17.2 Å². The van der Waals surface area contributed by atoms with E-state index in [2.05, 4.69) is 4.90 Å². The summed E-state index contributed by atoms with van der Waals surface area (Å²) in [5, 5.41) is 11.3. The lowest BCUT2D eigenvalue weighted by atomic mass is 9.95. The number of carbonyl (C=O) groups is 2. The number of methoxy groups -OCH3 is 1. The van der Waals surface area contributed by atoms with E-state index >= 15 is 0 Å². The number of carbonyl (C=O) groups excluding carboxylic acids is 2. The molecule has 0 radical (unpaired) electrons. The van der Waals surface area contributed by atoms with E-state index in [9.17, 15) is 14.7 Å². The maximum atomic E-state index is 13.4. The van der Waals surface area contributed by atoms with Gasteiger partial charge in [0, 0.05) is 31.7 Å². The van der Waals surface area contributed by atoms with Gasteiger partial charge in [0.15, 0.2) is 0 Å². The van der Waals surface area contributed by atoms with Gasteiger partial charge in [0.25, 0.3) is 11.7 Å². The average Bonchev–Trinajstić information content (AvgIpc) is 3.22. The summed E-state index contributed by atoms with van der Waals surface area (Å²) in [6.45, 7) is 3.73. The Morgan fingerprint density at radius 3 is 2.32 bits per heavy atom. The van der Waals surface area contributed by atoms with Crippen molar-refractivity contribution >= 4 is 17.4 Å². The van der Waals surface area contributed by atoms with Gasteiger partial charge >= 0.3 is 0 Å². The SMILES string of the molecule is COc1ccc(/C(O)=C2\C(=O)C(=O)N(CCN3CCOCC3)C2c2cccc(Oc3ccccc3)c2)cc1. The van der Waals surface area contributed by atoms with Gasteiger partial charge in [-0.1, -0.05) is 30.3 Å². The molecule has 0 bridgehead atoms. The Hall–Kier alpha value is -4.14. The molecule has 0 aliphatic carbocycles. The fraction of sp³-hybridized carbons (Fsp3) is 0.267. The Kier molecular flexibility index (Phi) is 7.72. The number of ketones is 1. The molecule has 8 heteroatoms. The smallest absolute Gasteiger partial charge is 0.295 e. The fourth-order valence-electron chi connectivity index (χ4n) is 4.81. The van der Waals surface area contributed by atoms with Crippen molar-refractivity contribution in [3.63, 3.8) is 0 Å². The molecule has 38 heavy (non-hydrogen) atoms. The van der Waals surface area contributed by atoms with Crippen LogP contribution in [-0.4, -0.2) is 73.1 Å². The lowest BCUT2D eigenvalue weighted by molar-refractivity contribution is -0.140. The third-order valence-electron chi connectivity index (χ3n) is 6.82. The molecule has 0 saturated carbocycles. The number of aliphatic hydroxyl groups excluding tert-OH is 1. The lowest BCUT2D eigenvalue weighted by Crippen LogP contribution is -2.42. The van der Waals surface area contributed by atoms with Crippen LogP contribution < -0.4 is 9.47 Å². The van der Waals surface area contributed by atoms with Crippen molar-refractivity contribution in [2.45, 2.75) is 6.04 Å². The van der Waals surface area contributed by atoms with Crippen LogP contribution in [-0.2, 0) is 14.3 Å². The highest BCUT2D eigenvalue weighted by atomic mass is 16.5. The van der Waals surface area contributed by atoms with E-state index in [-0.39, 0.29) is 11.3 Å². The fourth-order valence-corrected chi connectivity index (χ4v) is 4.81. The first kappa shape index (κ1) is 25.5. The lowest BCUT2D eigenvalue weighted by Gasteiger charge is -2.31. The van der Waals surface area contributed by atoms with Gasteiger partial charge in [-0.2, -0.15) is 0 Å². The van der Waals surface area contributed by atoms with Crippen molar-refractivity contribution in [1.29, 1.82) is 0 Å². The van der Waals surface area contributed by atoms with Gasteiger partial charge in [-0.15, -0.1) is 0 Å². The van der Waals surface area contributed by atoms with E-state index < -0.39 is 17.7 Å². The maximum Gasteiger partial charge on any atom is 0.295 e. The second-order valence-electron chi connectivity index (χ2n) is 9.16. The molecule has 196 valence electrons. The predicted octanol–water partition coefficient (Wildman–Crippen LogP) is 4.24. The highest BCUT2D eigenvalue weighted by molar-refractivity contribution is 6.46. The number of para-hydroxylation sites is 1. The molecule has 1 unspecified atom stereocenters. The number of likely N-dealkylation sites (tertiary alicyclic amines) is 1. The second-order valence-corrected chi connectivity index (χ2v) is 9.16. The molecule has 8 nitrogen and oxygen atoms in total. The number of morpholine rings is 1. The molecule has 2 fully saturated rings. The van der Waals surface area contributed by atoms with Crippen molar-refractivity contribution in [3.05, 3.63) is 95.6 Å². The molecule has 2 saturated heterocycles. The summed E-state index contributed by atoms with van der Waals surface area (Å²) in [7, 11) is 1.55. The van der Waals surface area contributed by atoms with Crippen LogP contribution in [0.4, 0.5) is 0 Å². The highest BCUT2D eigenvalue weighted by Gasteiger charge is 2.46. The van der Waals surface area contributed by atoms with Gasteiger partial charge in [0.05, 0.1) is 31.9 Å². The summed E-state index contributed by atoms with van der Waals surface area (Å²) in [5.41, 5.74) is 1.16. The Bertz CT molecular complexity index is 1320. The van der Waals surface area contributed by atoms with Crippen molar-refractivity contribution in [2.75, 3.05) is 46.5 Å². The maximum absolute atomic E-state index is 13.4. The monoisotopic (exact) mass is 514 g/mol. The quantitative estimate of drug-likeness (QED) is 0.273. The molecular weight excluding hydrogens is 484 g/mol. The van der Waals surface area contributed by atoms with E-state index in [0.717, 1.165) is 13.1 Å². The van der Waals surface area contributed by atoms with Crippen molar-refractivity contribution in [1.82, 2.24) is 9.80 Å². The van der Waals surface area contributed by atoms with Crippen LogP contribution in [0.1, 0.15) is 17.2 Å². The van der Waals surface area contributed by atoms with Gasteiger partial charge in [0.2, 0.25) is 0 Å². The van der Waals surface area contributed by atoms with E-state index in [1.54, 1.807) is 36.3 Å². The molecule has 1 amide bonds. The largest absolute Gasteiger partial charge is 0.507 e. The minimum absolute atomic E-state index is 0.0546. The molecule has 5 rings (SSSR count). The number of amides is 1. The van der Waals surface area contributed by atoms with E-state index in [1.807, 2.05) is 54.6 Å². The van der Waals surface area contributed by atoms with Crippen LogP contribution in [0.5, 0.6) is 17.2 Å². The van der Waals surface area contributed by atoms with E-state index in [0.29, 0.717) is 54.7 Å². The Labute approximate surface area is 221 Å². The van der Waals surface area contributed by atoms with Gasteiger partial charge in [-0.05, 0) is 54.1 Å². The molecule has 1 atom stereocenters.